The molecule has 10 aromatic rings. The number of hydrogen-bond donors (Lipinski definition) is 0. The largest absolute Gasteiger partial charge is 0.457 e. The first-order valence-electron chi connectivity index (χ1n) is 17.8. The van der Waals surface area contributed by atoms with Crippen molar-refractivity contribution in [2.45, 2.75) is 19.3 Å². The fourth-order valence-electron chi connectivity index (χ4n) is 8.94. The topological polar surface area (TPSA) is 44.3 Å². The van der Waals surface area contributed by atoms with Gasteiger partial charge in [-0.1, -0.05) is 103 Å². The van der Waals surface area contributed by atoms with Gasteiger partial charge in [0.05, 0.1) is 27.8 Å². The summed E-state index contributed by atoms with van der Waals surface area (Å²) in [6, 6.07) is 54.2. The first-order valence-corrected chi connectivity index (χ1v) is 17.8. The van der Waals surface area contributed by atoms with Crippen LogP contribution in [-0.4, -0.2) is 18.9 Å². The Hall–Kier alpha value is -6.72. The summed E-state index contributed by atoms with van der Waals surface area (Å²) in [4.78, 5) is 10.0. The molecular weight excluding hydrogens is 637 g/mol. The minimum absolute atomic E-state index is 0.577. The van der Waals surface area contributed by atoms with E-state index in [1.54, 1.807) is 0 Å². The number of hydrogen-bond acceptors (Lipinski definition) is 3. The molecule has 0 N–H and O–H groups in total. The van der Waals surface area contributed by atoms with Gasteiger partial charge in [0.25, 0.3) is 0 Å². The molecule has 1 aliphatic rings. The minimum atomic E-state index is -0.577. The number of imidazole rings is 1. The molecule has 0 unspecified atom stereocenters. The fraction of sp³-hybridized carbons (Fsp3) is 0.0638. The van der Waals surface area contributed by atoms with Crippen molar-refractivity contribution in [1.82, 2.24) is 18.9 Å². The van der Waals surface area contributed by atoms with Gasteiger partial charge in [-0.3, -0.25) is 8.97 Å². The molecular formula is C47H32N4O. The second-order valence-corrected chi connectivity index (χ2v) is 13.8. The highest BCUT2D eigenvalue weighted by atomic mass is 16.5. The van der Waals surface area contributed by atoms with E-state index in [-0.39, 0.29) is 0 Å². The Morgan fingerprint density at radius 3 is 2.04 bits per heavy atom. The molecule has 0 amide bonds. The average Bonchev–Trinajstić information content (AvgIpc) is 3.70. The van der Waals surface area contributed by atoms with Crippen LogP contribution in [0, 0.1) is 13.8 Å². The van der Waals surface area contributed by atoms with Crippen molar-refractivity contribution in [1.29, 1.82) is 0 Å². The number of fused-ring (bicyclic) bond motifs is 11. The lowest BCUT2D eigenvalue weighted by Gasteiger charge is -2.41. The summed E-state index contributed by atoms with van der Waals surface area (Å²) in [5.41, 5.74) is 11.7. The van der Waals surface area contributed by atoms with Crippen LogP contribution in [-0.2, 0) is 5.41 Å². The molecule has 0 aliphatic carbocycles. The molecule has 0 saturated heterocycles. The summed E-state index contributed by atoms with van der Waals surface area (Å²) < 4.78 is 11.5. The van der Waals surface area contributed by atoms with Crippen LogP contribution in [0.4, 0.5) is 0 Å². The van der Waals surface area contributed by atoms with Crippen LogP contribution in [0.2, 0.25) is 0 Å². The van der Waals surface area contributed by atoms with E-state index in [1.807, 2.05) is 12.3 Å². The van der Waals surface area contributed by atoms with Gasteiger partial charge >= 0.3 is 0 Å². The van der Waals surface area contributed by atoms with Crippen LogP contribution >= 0.6 is 0 Å². The van der Waals surface area contributed by atoms with E-state index in [2.05, 4.69) is 168 Å². The van der Waals surface area contributed by atoms with Gasteiger partial charge in [0.1, 0.15) is 22.8 Å². The van der Waals surface area contributed by atoms with Gasteiger partial charge < -0.3 is 4.74 Å². The molecule has 5 nitrogen and oxygen atoms in total. The van der Waals surface area contributed by atoms with E-state index >= 15 is 0 Å². The zero-order valence-corrected chi connectivity index (χ0v) is 28.7. The standard InChI is InChI=1S/C47H32N4O/c1-29-30(2)50-42-21-10-9-17-36(42)35-24-22-33(27-39(35)46(50)49-29)52-34-23-25-40-43(28-34)51-44-37(38-19-12-26-48-45(38)51)18-11-20-41(44)47(40,31-13-5-3-6-14-31)32-15-7-4-8-16-32/h3-28H,1-2H3. The molecule has 11 rings (SSSR count). The van der Waals surface area contributed by atoms with Gasteiger partial charge in [-0.05, 0) is 84.0 Å². The third kappa shape index (κ3) is 3.77. The van der Waals surface area contributed by atoms with Gasteiger partial charge in [0.2, 0.25) is 0 Å². The summed E-state index contributed by atoms with van der Waals surface area (Å²) in [6.07, 6.45) is 1.89. The van der Waals surface area contributed by atoms with Gasteiger partial charge in [0, 0.05) is 39.5 Å². The number of rotatable bonds is 4. The fourth-order valence-corrected chi connectivity index (χ4v) is 8.94. The van der Waals surface area contributed by atoms with Crippen molar-refractivity contribution in [2.75, 3.05) is 0 Å². The Labute approximate surface area is 300 Å². The number of ether oxygens (including phenoxy) is 1. The normalized spacial score (nSPS) is 13.3. The van der Waals surface area contributed by atoms with Crippen molar-refractivity contribution in [3.63, 3.8) is 0 Å². The van der Waals surface area contributed by atoms with Crippen molar-refractivity contribution in [3.8, 4) is 17.2 Å². The van der Waals surface area contributed by atoms with Gasteiger partial charge in [-0.2, -0.15) is 0 Å². The summed E-state index contributed by atoms with van der Waals surface area (Å²) in [5, 5.41) is 5.73. The molecule has 1 aliphatic heterocycles. The zero-order valence-electron chi connectivity index (χ0n) is 28.7. The number of pyridine rings is 2. The molecule has 0 radical (unpaired) electrons. The molecule has 52 heavy (non-hydrogen) atoms. The van der Waals surface area contributed by atoms with Crippen LogP contribution in [0.1, 0.15) is 33.6 Å². The second kappa shape index (κ2) is 10.6. The molecule has 0 fully saturated rings. The van der Waals surface area contributed by atoms with Gasteiger partial charge in [-0.15, -0.1) is 0 Å². The Bertz CT molecular complexity index is 3030. The molecule has 0 spiro atoms. The Kier molecular flexibility index (Phi) is 5.95. The number of aromatic nitrogens is 4. The molecule has 5 heteroatoms. The zero-order chi connectivity index (χ0) is 34.6. The molecule has 0 saturated carbocycles. The summed E-state index contributed by atoms with van der Waals surface area (Å²) >= 11 is 0. The Balaban J connectivity index is 1.18. The molecule has 6 aromatic carbocycles. The quantitative estimate of drug-likeness (QED) is 0.175. The predicted molar refractivity (Wildman–Crippen MR) is 210 cm³/mol. The second-order valence-electron chi connectivity index (χ2n) is 13.8. The maximum Gasteiger partial charge on any atom is 0.145 e. The van der Waals surface area contributed by atoms with Crippen molar-refractivity contribution >= 4 is 49.3 Å². The number of benzene rings is 6. The van der Waals surface area contributed by atoms with E-state index in [4.69, 9.17) is 14.7 Å². The van der Waals surface area contributed by atoms with Crippen LogP contribution in [0.3, 0.4) is 0 Å². The van der Waals surface area contributed by atoms with E-state index in [1.165, 1.54) is 38.5 Å². The van der Waals surface area contributed by atoms with Crippen LogP contribution in [0.5, 0.6) is 11.5 Å². The number of para-hydroxylation sites is 2. The minimum Gasteiger partial charge on any atom is -0.457 e. The van der Waals surface area contributed by atoms with Gasteiger partial charge in [0.15, 0.2) is 0 Å². The number of aryl methyl sites for hydroxylation is 2. The summed E-state index contributed by atoms with van der Waals surface area (Å²) in [5.74, 6) is 1.52. The monoisotopic (exact) mass is 668 g/mol. The molecule has 0 bridgehead atoms. The lowest BCUT2D eigenvalue weighted by Crippen LogP contribution is -2.35. The van der Waals surface area contributed by atoms with Gasteiger partial charge in [-0.25, -0.2) is 9.97 Å². The van der Waals surface area contributed by atoms with E-state index in [0.717, 1.165) is 61.5 Å². The van der Waals surface area contributed by atoms with Crippen molar-refractivity contribution in [3.05, 3.63) is 191 Å². The average molecular weight is 669 g/mol. The third-order valence-electron chi connectivity index (χ3n) is 11.2. The molecule has 0 atom stereocenters. The molecule has 4 aromatic heterocycles. The highest BCUT2D eigenvalue weighted by molar-refractivity contribution is 6.13. The highest BCUT2D eigenvalue weighted by Gasteiger charge is 2.45. The van der Waals surface area contributed by atoms with E-state index in [0.29, 0.717) is 0 Å². The number of nitrogens with zero attached hydrogens (tertiary/aromatic N) is 4. The third-order valence-corrected chi connectivity index (χ3v) is 11.2. The lowest BCUT2D eigenvalue weighted by molar-refractivity contribution is 0.482. The van der Waals surface area contributed by atoms with E-state index < -0.39 is 5.41 Å². The Morgan fingerprint density at radius 2 is 1.23 bits per heavy atom. The SMILES string of the molecule is Cc1nc2c3cc(Oc4ccc5c(c4)-n4c6ncccc6c6cccc(c64)C5(c4ccccc4)c4ccccc4)ccc3c3ccccc3n2c1C. The van der Waals surface area contributed by atoms with Crippen molar-refractivity contribution < 1.29 is 4.74 Å². The predicted octanol–water partition coefficient (Wildman–Crippen LogP) is 11.2. The van der Waals surface area contributed by atoms with Crippen LogP contribution < -0.4 is 4.74 Å². The van der Waals surface area contributed by atoms with Crippen molar-refractivity contribution in [2.24, 2.45) is 0 Å². The summed E-state index contributed by atoms with van der Waals surface area (Å²) in [6.45, 7) is 4.22. The lowest BCUT2D eigenvalue weighted by atomic mass is 9.63. The maximum atomic E-state index is 6.83. The molecule has 246 valence electrons. The first kappa shape index (κ1) is 29.1. The molecule has 5 heterocycles. The Morgan fingerprint density at radius 1 is 0.538 bits per heavy atom. The van der Waals surface area contributed by atoms with Crippen LogP contribution in [0.25, 0.3) is 54.9 Å². The first-order chi connectivity index (χ1) is 25.6. The summed E-state index contributed by atoms with van der Waals surface area (Å²) in [7, 11) is 0. The van der Waals surface area contributed by atoms with Crippen LogP contribution in [0.15, 0.2) is 158 Å². The maximum absolute atomic E-state index is 6.83. The highest BCUT2D eigenvalue weighted by Crippen LogP contribution is 2.54. The van der Waals surface area contributed by atoms with E-state index in [9.17, 15) is 0 Å². The smallest absolute Gasteiger partial charge is 0.145 e.